The van der Waals surface area contributed by atoms with Crippen molar-refractivity contribution >= 4 is 11.8 Å². The Hall–Kier alpha value is -2.61. The van der Waals surface area contributed by atoms with Crippen LogP contribution in [0.2, 0.25) is 0 Å². The average molecular weight is 462 g/mol. The van der Waals surface area contributed by atoms with E-state index in [4.69, 9.17) is 0 Å². The minimum atomic E-state index is -4.49. The van der Waals surface area contributed by atoms with E-state index in [1.165, 1.54) is 10.5 Å². The van der Waals surface area contributed by atoms with E-state index < -0.39 is 29.5 Å². The number of nitrogens with one attached hydrogen (secondary N) is 1. The van der Waals surface area contributed by atoms with Crippen LogP contribution in [0.25, 0.3) is 0 Å². The lowest BCUT2D eigenvalue weighted by Gasteiger charge is -2.49. The summed E-state index contributed by atoms with van der Waals surface area (Å²) in [5.41, 5.74) is 1.09. The van der Waals surface area contributed by atoms with Gasteiger partial charge in [0.2, 0.25) is 11.8 Å². The summed E-state index contributed by atoms with van der Waals surface area (Å²) >= 11 is 0. The maximum Gasteiger partial charge on any atom is 0.405 e. The van der Waals surface area contributed by atoms with Crippen LogP contribution in [-0.2, 0) is 16.1 Å². The van der Waals surface area contributed by atoms with Gasteiger partial charge in [0.15, 0.2) is 0 Å². The van der Waals surface area contributed by atoms with Crippen molar-refractivity contribution < 1.29 is 22.8 Å². The number of hydrogen-bond acceptors (Lipinski definition) is 3. The molecule has 0 radical (unpaired) electrons. The van der Waals surface area contributed by atoms with Gasteiger partial charge in [-0.05, 0) is 38.4 Å². The molecule has 2 aliphatic heterocycles. The van der Waals surface area contributed by atoms with Crippen molar-refractivity contribution in [3.63, 3.8) is 0 Å². The SMILES string of the molecule is CC1=CC=CC2N(CC(=O)NCC(F)(F)F)C(=O)C3(CCN(Cc4ccccc4)CC3)C12C. The van der Waals surface area contributed by atoms with Crippen molar-refractivity contribution in [2.24, 2.45) is 10.8 Å². The first-order valence-electron chi connectivity index (χ1n) is 11.3. The molecule has 33 heavy (non-hydrogen) atoms. The molecule has 2 unspecified atom stereocenters. The van der Waals surface area contributed by atoms with Crippen LogP contribution >= 0.6 is 0 Å². The van der Waals surface area contributed by atoms with Crippen LogP contribution in [0, 0.1) is 10.8 Å². The largest absolute Gasteiger partial charge is 0.405 e. The molecular weight excluding hydrogens is 431 g/mol. The highest BCUT2D eigenvalue weighted by Crippen LogP contribution is 2.61. The fraction of sp³-hybridized carbons (Fsp3) is 0.520. The van der Waals surface area contributed by atoms with Gasteiger partial charge in [0.25, 0.3) is 0 Å². The predicted molar refractivity (Wildman–Crippen MR) is 119 cm³/mol. The molecule has 1 aromatic carbocycles. The Labute approximate surface area is 192 Å². The number of halogens is 3. The number of carbonyl (C=O) groups is 2. The van der Waals surface area contributed by atoms with E-state index in [9.17, 15) is 22.8 Å². The van der Waals surface area contributed by atoms with Crippen molar-refractivity contribution in [3.8, 4) is 0 Å². The van der Waals surface area contributed by atoms with Crippen LogP contribution < -0.4 is 5.32 Å². The molecule has 2 saturated heterocycles. The Bertz CT molecular complexity index is 965. The highest BCUT2D eigenvalue weighted by molar-refractivity contribution is 5.92. The van der Waals surface area contributed by atoms with Gasteiger partial charge in [0, 0.05) is 12.0 Å². The summed E-state index contributed by atoms with van der Waals surface area (Å²) in [5, 5.41) is 1.91. The molecule has 1 aromatic rings. The number of nitrogens with zero attached hydrogens (tertiary/aromatic N) is 2. The first kappa shape index (κ1) is 23.5. The molecule has 2 amide bonds. The van der Waals surface area contributed by atoms with E-state index >= 15 is 0 Å². The second-order valence-corrected chi connectivity index (χ2v) is 9.55. The van der Waals surface area contributed by atoms with Crippen molar-refractivity contribution in [2.45, 2.75) is 45.5 Å². The minimum Gasteiger partial charge on any atom is -0.345 e. The summed E-state index contributed by atoms with van der Waals surface area (Å²) < 4.78 is 37.6. The van der Waals surface area contributed by atoms with E-state index in [1.807, 2.05) is 48.7 Å². The zero-order valence-corrected chi connectivity index (χ0v) is 19.0. The number of fused-ring (bicyclic) bond motifs is 2. The third-order valence-corrected chi connectivity index (χ3v) is 7.81. The van der Waals surface area contributed by atoms with Gasteiger partial charge in [0.05, 0.1) is 11.5 Å². The van der Waals surface area contributed by atoms with Gasteiger partial charge in [-0.1, -0.05) is 61.1 Å². The summed E-state index contributed by atoms with van der Waals surface area (Å²) in [4.78, 5) is 30.0. The first-order chi connectivity index (χ1) is 15.6. The van der Waals surface area contributed by atoms with Gasteiger partial charge in [0.1, 0.15) is 13.1 Å². The molecule has 4 rings (SSSR count). The fourth-order valence-corrected chi connectivity index (χ4v) is 5.85. The van der Waals surface area contributed by atoms with Gasteiger partial charge in [-0.2, -0.15) is 13.2 Å². The summed E-state index contributed by atoms with van der Waals surface area (Å²) in [6.45, 7) is 4.61. The molecule has 2 heterocycles. The molecule has 0 bridgehead atoms. The van der Waals surface area contributed by atoms with Crippen LogP contribution in [0.1, 0.15) is 32.3 Å². The quantitative estimate of drug-likeness (QED) is 0.728. The number of benzene rings is 1. The van der Waals surface area contributed by atoms with E-state index in [-0.39, 0.29) is 18.5 Å². The van der Waals surface area contributed by atoms with Crippen LogP contribution in [0.3, 0.4) is 0 Å². The highest BCUT2D eigenvalue weighted by atomic mass is 19.4. The molecule has 3 aliphatic rings. The zero-order chi connectivity index (χ0) is 23.9. The molecule has 0 saturated carbocycles. The van der Waals surface area contributed by atoms with Gasteiger partial charge >= 0.3 is 6.18 Å². The highest BCUT2D eigenvalue weighted by Gasteiger charge is 2.66. The van der Waals surface area contributed by atoms with Gasteiger partial charge in [-0.15, -0.1) is 0 Å². The molecular formula is C25H30F3N3O2. The lowest BCUT2D eigenvalue weighted by Crippen LogP contribution is -2.51. The Morgan fingerprint density at radius 1 is 1.18 bits per heavy atom. The summed E-state index contributed by atoms with van der Waals surface area (Å²) in [6.07, 6.45) is 2.59. The molecule has 1 spiro atoms. The van der Waals surface area contributed by atoms with E-state index in [0.29, 0.717) is 12.8 Å². The van der Waals surface area contributed by atoms with E-state index in [0.717, 1.165) is 25.2 Å². The Balaban J connectivity index is 1.54. The Morgan fingerprint density at radius 2 is 1.85 bits per heavy atom. The lowest BCUT2D eigenvalue weighted by molar-refractivity contribution is -0.145. The van der Waals surface area contributed by atoms with Gasteiger partial charge in [-0.3, -0.25) is 14.5 Å². The number of hydrogen-bond donors (Lipinski definition) is 1. The van der Waals surface area contributed by atoms with Crippen LogP contribution in [-0.4, -0.2) is 60.0 Å². The molecule has 5 nitrogen and oxygen atoms in total. The molecule has 1 aliphatic carbocycles. The Morgan fingerprint density at radius 3 is 2.48 bits per heavy atom. The van der Waals surface area contributed by atoms with Crippen LogP contribution in [0.5, 0.6) is 0 Å². The van der Waals surface area contributed by atoms with Crippen molar-refractivity contribution in [2.75, 3.05) is 26.2 Å². The minimum absolute atomic E-state index is 0.129. The number of likely N-dealkylation sites (tertiary alicyclic amines) is 2. The zero-order valence-electron chi connectivity index (χ0n) is 19.0. The van der Waals surface area contributed by atoms with E-state index in [2.05, 4.69) is 24.0 Å². The van der Waals surface area contributed by atoms with Crippen molar-refractivity contribution in [1.29, 1.82) is 0 Å². The van der Waals surface area contributed by atoms with Gasteiger partial charge in [-0.25, -0.2) is 0 Å². The number of rotatable bonds is 5. The topological polar surface area (TPSA) is 52.7 Å². The van der Waals surface area contributed by atoms with Crippen molar-refractivity contribution in [1.82, 2.24) is 15.1 Å². The lowest BCUT2D eigenvalue weighted by atomic mass is 9.55. The third kappa shape index (κ3) is 4.21. The average Bonchev–Trinajstić information content (AvgIpc) is 2.95. The number of carbonyl (C=O) groups excluding carboxylic acids is 2. The maximum atomic E-state index is 13.8. The molecule has 2 atom stereocenters. The van der Waals surface area contributed by atoms with Crippen molar-refractivity contribution in [3.05, 3.63) is 59.7 Å². The second-order valence-electron chi connectivity index (χ2n) is 9.55. The monoisotopic (exact) mass is 461 g/mol. The Kier molecular flexibility index (Phi) is 6.16. The maximum absolute atomic E-state index is 13.8. The first-order valence-corrected chi connectivity index (χ1v) is 11.3. The van der Waals surface area contributed by atoms with Crippen LogP contribution in [0.15, 0.2) is 54.1 Å². The van der Waals surface area contributed by atoms with E-state index in [1.54, 1.807) is 0 Å². The number of allylic oxidation sites excluding steroid dienone is 2. The third-order valence-electron chi connectivity index (χ3n) is 7.81. The normalized spacial score (nSPS) is 26.9. The summed E-state index contributed by atoms with van der Waals surface area (Å²) in [5.74, 6) is -0.919. The number of amides is 2. The summed E-state index contributed by atoms with van der Waals surface area (Å²) in [6, 6.07) is 9.82. The molecule has 8 heteroatoms. The molecule has 178 valence electrons. The molecule has 0 aromatic heterocycles. The van der Waals surface area contributed by atoms with Crippen LogP contribution in [0.4, 0.5) is 13.2 Å². The number of piperidine rings is 1. The molecule has 1 N–H and O–H groups in total. The standard InChI is InChI=1S/C25H30F3N3O2/c1-18-7-6-10-20-23(18,2)24(22(33)31(20)16-21(32)29-17-25(26,27)28)11-13-30(14-12-24)15-19-8-4-3-5-9-19/h3-10,20H,11-17H2,1-2H3,(H,29,32). The van der Waals surface area contributed by atoms with Gasteiger partial charge < -0.3 is 10.2 Å². The second kappa shape index (κ2) is 8.63. The number of alkyl halides is 3. The fourth-order valence-electron chi connectivity index (χ4n) is 5.85. The molecule has 2 fully saturated rings. The smallest absolute Gasteiger partial charge is 0.345 e. The predicted octanol–water partition coefficient (Wildman–Crippen LogP) is 3.68. The summed E-state index contributed by atoms with van der Waals surface area (Å²) in [7, 11) is 0.